The van der Waals surface area contributed by atoms with E-state index in [0.29, 0.717) is 12.0 Å². The van der Waals surface area contributed by atoms with Crippen molar-refractivity contribution in [2.45, 2.75) is 52.1 Å². The Balaban J connectivity index is 1.09. The highest BCUT2D eigenvalue weighted by molar-refractivity contribution is 5.97. The Kier molecular flexibility index (Phi) is 6.02. The van der Waals surface area contributed by atoms with Crippen molar-refractivity contribution in [3.8, 4) is 5.75 Å². The molecule has 2 N–H and O–H groups in total. The van der Waals surface area contributed by atoms with Crippen molar-refractivity contribution in [1.29, 1.82) is 0 Å². The van der Waals surface area contributed by atoms with E-state index in [0.717, 1.165) is 80.4 Å². The molecule has 1 spiro atoms. The molecule has 3 amide bonds. The minimum absolute atomic E-state index is 0.0267. The molecule has 2 aromatic carbocycles. The number of anilines is 3. The molecule has 0 radical (unpaired) electrons. The van der Waals surface area contributed by atoms with Crippen molar-refractivity contribution in [1.82, 2.24) is 4.90 Å². The number of benzene rings is 2. The van der Waals surface area contributed by atoms with Gasteiger partial charge in [-0.15, -0.1) is 0 Å². The van der Waals surface area contributed by atoms with Gasteiger partial charge >= 0.3 is 6.03 Å². The standard InChI is InChI=1S/C29H36N4O4/c1-18-5-11-24(32-14-29(15-32)16-37-17-29)26-23(18)13-33(28(35)31-26)22-9-6-20(7-10-22)27(34)30-21-8-4-19(2)25(12-21)36-3/h4-5,8,11-12,20,22H,6-7,9-10,13-17H2,1-3H3,(H,30,34)(H,31,35). The summed E-state index contributed by atoms with van der Waals surface area (Å²) in [4.78, 5) is 30.6. The fraction of sp³-hybridized carbons (Fsp3) is 0.517. The van der Waals surface area contributed by atoms with Gasteiger partial charge in [-0.1, -0.05) is 12.1 Å². The van der Waals surface area contributed by atoms with Crippen molar-refractivity contribution in [3.05, 3.63) is 47.0 Å². The van der Waals surface area contributed by atoms with Crippen molar-refractivity contribution in [2.24, 2.45) is 11.3 Å². The first-order valence-corrected chi connectivity index (χ1v) is 13.3. The average Bonchev–Trinajstić information content (AvgIpc) is 2.84. The van der Waals surface area contributed by atoms with Gasteiger partial charge in [0.2, 0.25) is 5.91 Å². The molecule has 8 nitrogen and oxygen atoms in total. The summed E-state index contributed by atoms with van der Waals surface area (Å²) in [7, 11) is 1.64. The van der Waals surface area contributed by atoms with Crippen molar-refractivity contribution in [2.75, 3.05) is 48.9 Å². The number of nitrogens with one attached hydrogen (secondary N) is 2. The molecule has 0 atom stereocenters. The molecule has 3 aliphatic heterocycles. The lowest BCUT2D eigenvalue weighted by Crippen LogP contribution is -2.66. The monoisotopic (exact) mass is 504 g/mol. The zero-order valence-electron chi connectivity index (χ0n) is 21.9. The summed E-state index contributed by atoms with van der Waals surface area (Å²) in [5.74, 6) is 0.760. The van der Waals surface area contributed by atoms with Gasteiger partial charge in [0.15, 0.2) is 0 Å². The summed E-state index contributed by atoms with van der Waals surface area (Å²) < 4.78 is 10.8. The summed E-state index contributed by atoms with van der Waals surface area (Å²) in [6.07, 6.45) is 3.19. The normalized spacial score (nSPS) is 24.0. The van der Waals surface area contributed by atoms with Crippen LogP contribution in [-0.4, -0.2) is 56.3 Å². The molecule has 6 rings (SSSR count). The quantitative estimate of drug-likeness (QED) is 0.617. The fourth-order valence-corrected chi connectivity index (χ4v) is 6.36. The molecule has 3 heterocycles. The number of urea groups is 1. The third-order valence-electron chi connectivity index (χ3n) is 8.74. The van der Waals surface area contributed by atoms with Crippen LogP contribution in [0, 0.1) is 25.2 Å². The molecule has 1 aliphatic carbocycles. The molecule has 3 fully saturated rings. The van der Waals surface area contributed by atoms with E-state index in [2.05, 4.69) is 34.6 Å². The van der Waals surface area contributed by atoms with E-state index in [1.807, 2.05) is 30.0 Å². The summed E-state index contributed by atoms with van der Waals surface area (Å²) >= 11 is 0. The Labute approximate surface area is 218 Å². The maximum Gasteiger partial charge on any atom is 0.322 e. The molecular formula is C29H36N4O4. The van der Waals surface area contributed by atoms with E-state index in [9.17, 15) is 9.59 Å². The topological polar surface area (TPSA) is 83.1 Å². The van der Waals surface area contributed by atoms with Crippen LogP contribution in [-0.2, 0) is 16.1 Å². The number of hydrogen-bond donors (Lipinski definition) is 2. The van der Waals surface area contributed by atoms with Crippen LogP contribution in [0.4, 0.5) is 21.9 Å². The molecule has 4 aliphatic rings. The van der Waals surface area contributed by atoms with E-state index in [1.54, 1.807) is 7.11 Å². The molecule has 37 heavy (non-hydrogen) atoms. The third kappa shape index (κ3) is 4.31. The molecule has 8 heteroatoms. The smallest absolute Gasteiger partial charge is 0.322 e. The van der Waals surface area contributed by atoms with Crippen LogP contribution in [0.25, 0.3) is 0 Å². The number of fused-ring (bicyclic) bond motifs is 1. The summed E-state index contributed by atoms with van der Waals surface area (Å²) in [6.45, 7) is 8.39. The van der Waals surface area contributed by atoms with Gasteiger partial charge in [0, 0.05) is 42.4 Å². The maximum absolute atomic E-state index is 13.3. The zero-order valence-corrected chi connectivity index (χ0v) is 21.9. The Hall–Kier alpha value is -3.26. The largest absolute Gasteiger partial charge is 0.496 e. The van der Waals surface area contributed by atoms with E-state index >= 15 is 0 Å². The second kappa shape index (κ2) is 9.24. The first-order chi connectivity index (χ1) is 17.9. The summed E-state index contributed by atoms with van der Waals surface area (Å²) in [5, 5.41) is 6.29. The van der Waals surface area contributed by atoms with Crippen molar-refractivity contribution >= 4 is 29.0 Å². The number of rotatable bonds is 5. The van der Waals surface area contributed by atoms with Gasteiger partial charge in [-0.3, -0.25) is 4.79 Å². The van der Waals surface area contributed by atoms with E-state index in [4.69, 9.17) is 9.47 Å². The molecule has 0 aromatic heterocycles. The number of methoxy groups -OCH3 is 1. The number of aryl methyl sites for hydroxylation is 2. The van der Waals surface area contributed by atoms with Crippen LogP contribution in [0.5, 0.6) is 5.75 Å². The van der Waals surface area contributed by atoms with Gasteiger partial charge in [0.1, 0.15) is 5.75 Å². The molecular weight excluding hydrogens is 468 g/mol. The first-order valence-electron chi connectivity index (χ1n) is 13.3. The van der Waals surface area contributed by atoms with Gasteiger partial charge in [-0.2, -0.15) is 0 Å². The SMILES string of the molecule is COc1cc(NC(=O)C2CCC(N3Cc4c(C)ccc(N5CC6(COC6)C5)c4NC3=O)CC2)ccc1C. The lowest BCUT2D eigenvalue weighted by molar-refractivity contribution is -0.127. The maximum atomic E-state index is 13.3. The Morgan fingerprint density at radius 3 is 2.49 bits per heavy atom. The highest BCUT2D eigenvalue weighted by Crippen LogP contribution is 2.45. The lowest BCUT2D eigenvalue weighted by Gasteiger charge is -2.56. The number of carbonyl (C=O) groups is 2. The Morgan fingerprint density at radius 1 is 1.08 bits per heavy atom. The van der Waals surface area contributed by atoms with Gasteiger partial charge in [-0.25, -0.2) is 4.79 Å². The second-order valence-corrected chi connectivity index (χ2v) is 11.3. The highest BCUT2D eigenvalue weighted by atomic mass is 16.5. The van der Waals surface area contributed by atoms with Crippen LogP contribution in [0.15, 0.2) is 30.3 Å². The molecule has 0 bridgehead atoms. The van der Waals surface area contributed by atoms with Crippen LogP contribution in [0.3, 0.4) is 0 Å². The van der Waals surface area contributed by atoms with E-state index < -0.39 is 0 Å². The lowest BCUT2D eigenvalue weighted by atomic mass is 9.77. The predicted octanol–water partition coefficient (Wildman–Crippen LogP) is 4.69. The average molecular weight is 505 g/mol. The van der Waals surface area contributed by atoms with Gasteiger partial charge < -0.3 is 29.9 Å². The highest BCUT2D eigenvalue weighted by Gasteiger charge is 2.50. The summed E-state index contributed by atoms with van der Waals surface area (Å²) in [6, 6.07) is 10.2. The van der Waals surface area contributed by atoms with Gasteiger partial charge in [0.05, 0.1) is 43.7 Å². The zero-order chi connectivity index (χ0) is 25.7. The van der Waals surface area contributed by atoms with E-state index in [-0.39, 0.29) is 23.9 Å². The molecule has 2 saturated heterocycles. The number of hydrogen-bond acceptors (Lipinski definition) is 5. The number of ether oxygens (including phenoxy) is 2. The van der Waals surface area contributed by atoms with Gasteiger partial charge in [0.25, 0.3) is 0 Å². The molecule has 0 unspecified atom stereocenters. The molecule has 1 saturated carbocycles. The first kappa shape index (κ1) is 24.1. The molecule has 2 aromatic rings. The number of nitrogens with zero attached hydrogens (tertiary/aromatic N) is 2. The molecule has 196 valence electrons. The van der Waals surface area contributed by atoms with Crippen LogP contribution >= 0.6 is 0 Å². The van der Waals surface area contributed by atoms with Crippen LogP contribution in [0.2, 0.25) is 0 Å². The van der Waals surface area contributed by atoms with Crippen LogP contribution in [0.1, 0.15) is 42.4 Å². The fourth-order valence-electron chi connectivity index (χ4n) is 6.36. The predicted molar refractivity (Wildman–Crippen MR) is 143 cm³/mol. The number of carbonyl (C=O) groups excluding carboxylic acids is 2. The Morgan fingerprint density at radius 2 is 1.81 bits per heavy atom. The Bertz CT molecular complexity index is 1220. The van der Waals surface area contributed by atoms with Crippen molar-refractivity contribution in [3.63, 3.8) is 0 Å². The van der Waals surface area contributed by atoms with Gasteiger partial charge in [-0.05, 0) is 62.8 Å². The minimum Gasteiger partial charge on any atom is -0.496 e. The minimum atomic E-state index is -0.0498. The van der Waals surface area contributed by atoms with Crippen molar-refractivity contribution < 1.29 is 19.1 Å². The third-order valence-corrected chi connectivity index (χ3v) is 8.74. The van der Waals surface area contributed by atoms with Crippen LogP contribution < -0.4 is 20.3 Å². The summed E-state index contributed by atoms with van der Waals surface area (Å²) in [5.41, 5.74) is 6.61. The van der Waals surface area contributed by atoms with E-state index in [1.165, 1.54) is 11.1 Å². The second-order valence-electron chi connectivity index (χ2n) is 11.3. The number of amides is 3.